The first-order valence-electron chi connectivity index (χ1n) is 7.25. The number of hydrogen-bond acceptors (Lipinski definition) is 3. The van der Waals surface area contributed by atoms with Gasteiger partial charge in [-0.05, 0) is 24.0 Å². The molecule has 2 aliphatic rings. The predicted octanol–water partition coefficient (Wildman–Crippen LogP) is 1.66. The second kappa shape index (κ2) is 5.00. The lowest BCUT2D eigenvalue weighted by Crippen LogP contribution is -2.46. The number of furan rings is 1. The Kier molecular flexibility index (Phi) is 3.35. The van der Waals surface area contributed by atoms with Crippen LogP contribution in [0.3, 0.4) is 0 Å². The largest absolute Gasteiger partial charge is 0.465 e. The second-order valence-corrected chi connectivity index (χ2v) is 5.87. The number of amides is 1. The fraction of sp³-hybridized carbons (Fsp3) is 0.667. The van der Waals surface area contributed by atoms with E-state index >= 15 is 0 Å². The van der Waals surface area contributed by atoms with Crippen molar-refractivity contribution in [3.63, 3.8) is 0 Å². The van der Waals surface area contributed by atoms with Crippen molar-refractivity contribution in [2.75, 3.05) is 19.6 Å². The molecular formula is C15H22N2O2. The molecule has 0 radical (unpaired) electrons. The van der Waals surface area contributed by atoms with Gasteiger partial charge in [0.2, 0.25) is 5.91 Å². The molecule has 3 atom stereocenters. The first-order valence-corrected chi connectivity index (χ1v) is 7.25. The Balaban J connectivity index is 1.63. The predicted molar refractivity (Wildman–Crippen MR) is 72.5 cm³/mol. The van der Waals surface area contributed by atoms with E-state index in [1.807, 2.05) is 0 Å². The van der Waals surface area contributed by atoms with Crippen molar-refractivity contribution in [1.29, 1.82) is 0 Å². The van der Waals surface area contributed by atoms with Crippen LogP contribution in [0.25, 0.3) is 0 Å². The molecule has 3 heterocycles. The number of aryl methyl sites for hydroxylation is 1. The average Bonchev–Trinajstić information content (AvgIpc) is 3.01. The van der Waals surface area contributed by atoms with Crippen molar-refractivity contribution in [2.24, 2.45) is 17.8 Å². The highest BCUT2D eigenvalue weighted by molar-refractivity contribution is 5.79. The van der Waals surface area contributed by atoms with E-state index in [0.717, 1.165) is 44.1 Å². The zero-order chi connectivity index (χ0) is 13.4. The van der Waals surface area contributed by atoms with Gasteiger partial charge < -0.3 is 9.73 Å². The van der Waals surface area contributed by atoms with Crippen LogP contribution in [0.5, 0.6) is 0 Å². The standard InChI is InChI=1S/C15H22N2O2/c1-3-12-4-5-13(19-12)8-17-7-11-6-16-15(18)10(2)14(11)9-17/h4-5,10-11,14H,3,6-9H2,1-2H3,(H,16,18)/t10-,11-,14-/m1/s1. The van der Waals surface area contributed by atoms with Crippen molar-refractivity contribution in [2.45, 2.75) is 26.8 Å². The molecule has 1 aromatic heterocycles. The maximum Gasteiger partial charge on any atom is 0.223 e. The van der Waals surface area contributed by atoms with Gasteiger partial charge >= 0.3 is 0 Å². The summed E-state index contributed by atoms with van der Waals surface area (Å²) in [7, 11) is 0. The molecule has 1 aromatic rings. The first kappa shape index (κ1) is 12.7. The van der Waals surface area contributed by atoms with Crippen molar-refractivity contribution < 1.29 is 9.21 Å². The number of fused-ring (bicyclic) bond motifs is 1. The van der Waals surface area contributed by atoms with Crippen LogP contribution in [0.1, 0.15) is 25.4 Å². The van der Waals surface area contributed by atoms with E-state index in [1.54, 1.807) is 0 Å². The van der Waals surface area contributed by atoms with Crippen LogP contribution in [0, 0.1) is 17.8 Å². The molecule has 0 spiro atoms. The minimum Gasteiger partial charge on any atom is -0.465 e. The summed E-state index contributed by atoms with van der Waals surface area (Å²) in [6, 6.07) is 4.14. The molecule has 1 amide bonds. The molecule has 0 bridgehead atoms. The second-order valence-electron chi connectivity index (χ2n) is 5.87. The van der Waals surface area contributed by atoms with Gasteiger partial charge in [0, 0.05) is 32.0 Å². The molecule has 2 saturated heterocycles. The maximum atomic E-state index is 11.7. The first-order chi connectivity index (χ1) is 9.17. The Hall–Kier alpha value is -1.29. The monoisotopic (exact) mass is 262 g/mol. The molecule has 4 nitrogen and oxygen atoms in total. The summed E-state index contributed by atoms with van der Waals surface area (Å²) in [4.78, 5) is 14.1. The minimum absolute atomic E-state index is 0.145. The number of carbonyl (C=O) groups is 1. The van der Waals surface area contributed by atoms with Gasteiger partial charge in [-0.1, -0.05) is 13.8 Å². The molecular weight excluding hydrogens is 240 g/mol. The third kappa shape index (κ3) is 2.41. The van der Waals surface area contributed by atoms with E-state index < -0.39 is 0 Å². The highest BCUT2D eigenvalue weighted by Crippen LogP contribution is 2.33. The third-order valence-electron chi connectivity index (χ3n) is 4.61. The summed E-state index contributed by atoms with van der Waals surface area (Å²) < 4.78 is 5.77. The molecule has 3 rings (SSSR count). The summed E-state index contributed by atoms with van der Waals surface area (Å²) in [5, 5.41) is 3.01. The average molecular weight is 262 g/mol. The summed E-state index contributed by atoms with van der Waals surface area (Å²) in [6.07, 6.45) is 0.945. The van der Waals surface area contributed by atoms with Crippen LogP contribution in [0.15, 0.2) is 16.5 Å². The normalized spacial score (nSPS) is 31.3. The van der Waals surface area contributed by atoms with E-state index in [2.05, 4.69) is 36.2 Å². The van der Waals surface area contributed by atoms with E-state index in [4.69, 9.17) is 4.42 Å². The smallest absolute Gasteiger partial charge is 0.223 e. The van der Waals surface area contributed by atoms with Gasteiger partial charge in [-0.3, -0.25) is 9.69 Å². The summed E-state index contributed by atoms with van der Waals surface area (Å²) in [5.41, 5.74) is 0. The lowest BCUT2D eigenvalue weighted by Gasteiger charge is -2.30. The quantitative estimate of drug-likeness (QED) is 0.901. The van der Waals surface area contributed by atoms with Crippen molar-refractivity contribution >= 4 is 5.91 Å². The summed E-state index contributed by atoms with van der Waals surface area (Å²) in [6.45, 7) is 7.94. The SMILES string of the molecule is CCc1ccc(CN2C[C@H]3CNC(=O)[C@H](C)[C@H]3C2)o1. The van der Waals surface area contributed by atoms with Gasteiger partial charge in [0.15, 0.2) is 0 Å². The Bertz CT molecular complexity index is 468. The van der Waals surface area contributed by atoms with E-state index in [9.17, 15) is 4.79 Å². The number of hydrogen-bond donors (Lipinski definition) is 1. The molecule has 0 saturated carbocycles. The highest BCUT2D eigenvalue weighted by Gasteiger charge is 2.41. The zero-order valence-electron chi connectivity index (χ0n) is 11.7. The van der Waals surface area contributed by atoms with Gasteiger partial charge in [0.05, 0.1) is 6.54 Å². The number of carbonyl (C=O) groups excluding carboxylic acids is 1. The van der Waals surface area contributed by atoms with Gasteiger partial charge in [-0.15, -0.1) is 0 Å². The fourth-order valence-electron chi connectivity index (χ4n) is 3.40. The number of piperidine rings is 1. The zero-order valence-corrected chi connectivity index (χ0v) is 11.7. The number of rotatable bonds is 3. The van der Waals surface area contributed by atoms with Crippen LogP contribution >= 0.6 is 0 Å². The van der Waals surface area contributed by atoms with Crippen LogP contribution in [0.4, 0.5) is 0 Å². The molecule has 2 fully saturated rings. The van der Waals surface area contributed by atoms with Crippen LogP contribution < -0.4 is 5.32 Å². The lowest BCUT2D eigenvalue weighted by molar-refractivity contribution is -0.128. The highest BCUT2D eigenvalue weighted by atomic mass is 16.3. The number of nitrogens with zero attached hydrogens (tertiary/aromatic N) is 1. The van der Waals surface area contributed by atoms with Gasteiger partial charge in [-0.25, -0.2) is 0 Å². The molecule has 4 heteroatoms. The summed E-state index contributed by atoms with van der Waals surface area (Å²) >= 11 is 0. The van der Waals surface area contributed by atoms with Crippen molar-refractivity contribution in [1.82, 2.24) is 10.2 Å². The van der Waals surface area contributed by atoms with Crippen LogP contribution in [-0.4, -0.2) is 30.4 Å². The minimum atomic E-state index is 0.145. The summed E-state index contributed by atoms with van der Waals surface area (Å²) in [5.74, 6) is 3.57. The van der Waals surface area contributed by atoms with Gasteiger partial charge in [0.25, 0.3) is 0 Å². The van der Waals surface area contributed by atoms with Crippen LogP contribution in [-0.2, 0) is 17.8 Å². The molecule has 2 aliphatic heterocycles. The number of likely N-dealkylation sites (tertiary alicyclic amines) is 1. The molecule has 0 unspecified atom stereocenters. The molecule has 0 aliphatic carbocycles. The molecule has 1 N–H and O–H groups in total. The Labute approximate surface area is 114 Å². The van der Waals surface area contributed by atoms with Crippen LogP contribution in [0.2, 0.25) is 0 Å². The van der Waals surface area contributed by atoms with Gasteiger partial charge in [0.1, 0.15) is 11.5 Å². The Morgan fingerprint density at radius 2 is 2.16 bits per heavy atom. The van der Waals surface area contributed by atoms with E-state index in [1.165, 1.54) is 0 Å². The molecule has 19 heavy (non-hydrogen) atoms. The maximum absolute atomic E-state index is 11.7. The van der Waals surface area contributed by atoms with Crippen molar-refractivity contribution in [3.8, 4) is 0 Å². The third-order valence-corrected chi connectivity index (χ3v) is 4.61. The lowest BCUT2D eigenvalue weighted by atomic mass is 9.81. The topological polar surface area (TPSA) is 45.5 Å². The fourth-order valence-corrected chi connectivity index (χ4v) is 3.40. The molecule has 0 aromatic carbocycles. The Morgan fingerprint density at radius 1 is 1.37 bits per heavy atom. The van der Waals surface area contributed by atoms with Gasteiger partial charge in [-0.2, -0.15) is 0 Å². The number of nitrogens with one attached hydrogen (secondary N) is 1. The van der Waals surface area contributed by atoms with E-state index in [-0.39, 0.29) is 11.8 Å². The molecule has 104 valence electrons. The van der Waals surface area contributed by atoms with E-state index in [0.29, 0.717) is 11.8 Å². The Morgan fingerprint density at radius 3 is 2.89 bits per heavy atom. The van der Waals surface area contributed by atoms with Crippen molar-refractivity contribution in [3.05, 3.63) is 23.7 Å².